The van der Waals surface area contributed by atoms with Gasteiger partial charge in [-0.3, -0.25) is 0 Å². The third-order valence-electron chi connectivity index (χ3n) is 3.29. The maximum Gasteiger partial charge on any atom is 0.356 e. The molecular formula is C12H17N3O2. The van der Waals surface area contributed by atoms with Crippen LogP contribution in [0.4, 0.5) is 5.69 Å². The van der Waals surface area contributed by atoms with Crippen LogP contribution in [0.5, 0.6) is 0 Å². The fourth-order valence-electron chi connectivity index (χ4n) is 2.19. The van der Waals surface area contributed by atoms with Gasteiger partial charge in [-0.05, 0) is 45.1 Å². The second-order valence-corrected chi connectivity index (χ2v) is 4.56. The van der Waals surface area contributed by atoms with Gasteiger partial charge in [0.25, 0.3) is 0 Å². The van der Waals surface area contributed by atoms with Crippen molar-refractivity contribution in [2.45, 2.75) is 18.8 Å². The highest BCUT2D eigenvalue weighted by Gasteiger charge is 2.21. The average molecular weight is 235 g/mol. The Morgan fingerprint density at radius 3 is 2.71 bits per heavy atom. The first kappa shape index (κ1) is 11.9. The van der Waals surface area contributed by atoms with Gasteiger partial charge >= 0.3 is 5.97 Å². The molecule has 0 atom stereocenters. The summed E-state index contributed by atoms with van der Waals surface area (Å²) in [5.41, 5.74) is 6.65. The quantitative estimate of drug-likeness (QED) is 0.804. The van der Waals surface area contributed by atoms with E-state index in [0.29, 0.717) is 5.92 Å². The van der Waals surface area contributed by atoms with Gasteiger partial charge in [-0.1, -0.05) is 0 Å². The molecule has 0 unspecified atom stereocenters. The van der Waals surface area contributed by atoms with E-state index < -0.39 is 5.97 Å². The molecule has 1 aliphatic heterocycles. The molecule has 2 rings (SSSR count). The van der Waals surface area contributed by atoms with Crippen LogP contribution in [0, 0.1) is 0 Å². The molecule has 3 N–H and O–H groups in total. The van der Waals surface area contributed by atoms with Crippen molar-refractivity contribution < 1.29 is 9.90 Å². The Morgan fingerprint density at radius 2 is 2.12 bits per heavy atom. The van der Waals surface area contributed by atoms with E-state index in [1.54, 1.807) is 6.07 Å². The highest BCUT2D eigenvalue weighted by Crippen LogP contribution is 2.27. The smallest absolute Gasteiger partial charge is 0.356 e. The molecule has 0 amide bonds. The molecule has 1 fully saturated rings. The Kier molecular flexibility index (Phi) is 3.28. The molecule has 1 aliphatic rings. The molecule has 1 aromatic heterocycles. The van der Waals surface area contributed by atoms with Crippen LogP contribution >= 0.6 is 0 Å². The largest absolute Gasteiger partial charge is 0.476 e. The molecule has 17 heavy (non-hydrogen) atoms. The first-order valence-corrected chi connectivity index (χ1v) is 5.76. The summed E-state index contributed by atoms with van der Waals surface area (Å²) in [4.78, 5) is 17.4. The Morgan fingerprint density at radius 1 is 1.47 bits per heavy atom. The van der Waals surface area contributed by atoms with Gasteiger partial charge in [0.05, 0.1) is 5.69 Å². The summed E-state index contributed by atoms with van der Waals surface area (Å²) in [7, 11) is 2.09. The topological polar surface area (TPSA) is 79.5 Å². The number of carbonyl (C=O) groups is 1. The molecule has 0 aromatic carbocycles. The van der Waals surface area contributed by atoms with Gasteiger partial charge in [0.1, 0.15) is 0 Å². The minimum absolute atomic E-state index is 0.0265. The number of aromatic carboxylic acids is 1. The predicted octanol–water partition coefficient (Wildman–Crippen LogP) is 1.17. The zero-order valence-electron chi connectivity index (χ0n) is 9.89. The molecule has 1 saturated heterocycles. The van der Waals surface area contributed by atoms with Gasteiger partial charge in [0, 0.05) is 11.6 Å². The second kappa shape index (κ2) is 4.71. The molecule has 5 nitrogen and oxygen atoms in total. The van der Waals surface area contributed by atoms with Crippen molar-refractivity contribution in [1.82, 2.24) is 9.88 Å². The summed E-state index contributed by atoms with van der Waals surface area (Å²) in [6, 6.07) is 3.49. The number of rotatable bonds is 2. The summed E-state index contributed by atoms with van der Waals surface area (Å²) >= 11 is 0. The van der Waals surface area contributed by atoms with Crippen molar-refractivity contribution in [3.63, 3.8) is 0 Å². The van der Waals surface area contributed by atoms with Crippen molar-refractivity contribution in [2.75, 3.05) is 25.9 Å². The van der Waals surface area contributed by atoms with Crippen LogP contribution in [-0.2, 0) is 0 Å². The summed E-state index contributed by atoms with van der Waals surface area (Å²) < 4.78 is 0. The van der Waals surface area contributed by atoms with Crippen LogP contribution in [0.25, 0.3) is 0 Å². The number of aromatic nitrogens is 1. The first-order chi connectivity index (χ1) is 8.08. The van der Waals surface area contributed by atoms with Gasteiger partial charge in [-0.25, -0.2) is 9.78 Å². The standard InChI is InChI=1S/C12H17N3O2/c1-15-6-4-8(5-7-15)10-3-2-9(13)11(14-10)12(16)17/h2-3,8H,4-7,13H2,1H3,(H,16,17). The van der Waals surface area contributed by atoms with E-state index in [4.69, 9.17) is 10.8 Å². The number of hydrogen-bond donors (Lipinski definition) is 2. The zero-order valence-corrected chi connectivity index (χ0v) is 9.89. The first-order valence-electron chi connectivity index (χ1n) is 5.76. The van der Waals surface area contributed by atoms with E-state index in [2.05, 4.69) is 16.9 Å². The average Bonchev–Trinajstić information content (AvgIpc) is 2.30. The summed E-state index contributed by atoms with van der Waals surface area (Å²) in [5, 5.41) is 8.98. The zero-order chi connectivity index (χ0) is 12.4. The molecule has 92 valence electrons. The van der Waals surface area contributed by atoms with Gasteiger partial charge in [0.15, 0.2) is 5.69 Å². The molecule has 5 heteroatoms. The van der Waals surface area contributed by atoms with E-state index in [-0.39, 0.29) is 11.4 Å². The van der Waals surface area contributed by atoms with Crippen LogP contribution in [-0.4, -0.2) is 41.1 Å². The molecule has 1 aromatic rings. The van der Waals surface area contributed by atoms with Crippen LogP contribution in [0.15, 0.2) is 12.1 Å². The third-order valence-corrected chi connectivity index (χ3v) is 3.29. The van der Waals surface area contributed by atoms with E-state index in [9.17, 15) is 4.79 Å². The molecule has 0 saturated carbocycles. The van der Waals surface area contributed by atoms with E-state index in [1.807, 2.05) is 6.07 Å². The monoisotopic (exact) mass is 235 g/mol. The molecule has 0 aliphatic carbocycles. The van der Waals surface area contributed by atoms with Crippen molar-refractivity contribution >= 4 is 11.7 Å². The highest BCUT2D eigenvalue weighted by molar-refractivity contribution is 5.91. The molecular weight excluding hydrogens is 218 g/mol. The lowest BCUT2D eigenvalue weighted by molar-refractivity contribution is 0.0691. The normalized spacial score (nSPS) is 18.2. The minimum atomic E-state index is -1.06. The Balaban J connectivity index is 2.21. The lowest BCUT2D eigenvalue weighted by Gasteiger charge is -2.28. The fourth-order valence-corrected chi connectivity index (χ4v) is 2.19. The summed E-state index contributed by atoms with van der Waals surface area (Å²) in [5.74, 6) is -0.706. The number of likely N-dealkylation sites (tertiary alicyclic amines) is 1. The Hall–Kier alpha value is -1.62. The number of nitrogens with two attached hydrogens (primary N) is 1. The van der Waals surface area contributed by atoms with Gasteiger partial charge in [-0.15, -0.1) is 0 Å². The second-order valence-electron chi connectivity index (χ2n) is 4.56. The summed E-state index contributed by atoms with van der Waals surface area (Å²) in [6.45, 7) is 2.05. The number of carboxylic acids is 1. The van der Waals surface area contributed by atoms with Crippen molar-refractivity contribution in [1.29, 1.82) is 0 Å². The summed E-state index contributed by atoms with van der Waals surface area (Å²) in [6.07, 6.45) is 2.04. The number of carboxylic acid groups (broad SMARTS) is 1. The van der Waals surface area contributed by atoms with Gasteiger partial charge < -0.3 is 15.7 Å². The van der Waals surface area contributed by atoms with E-state index in [1.165, 1.54) is 0 Å². The fraction of sp³-hybridized carbons (Fsp3) is 0.500. The number of nitrogens with zero attached hydrogens (tertiary/aromatic N) is 2. The number of nitrogen functional groups attached to an aromatic ring is 1. The lowest BCUT2D eigenvalue weighted by Crippen LogP contribution is -2.29. The number of pyridine rings is 1. The maximum absolute atomic E-state index is 11.0. The van der Waals surface area contributed by atoms with Gasteiger partial charge in [0.2, 0.25) is 0 Å². The molecule has 2 heterocycles. The van der Waals surface area contributed by atoms with Crippen molar-refractivity contribution in [3.05, 3.63) is 23.5 Å². The van der Waals surface area contributed by atoms with Gasteiger partial charge in [-0.2, -0.15) is 0 Å². The minimum Gasteiger partial charge on any atom is -0.476 e. The van der Waals surface area contributed by atoms with Crippen molar-refractivity contribution in [2.24, 2.45) is 0 Å². The van der Waals surface area contributed by atoms with Crippen LogP contribution in [0.3, 0.4) is 0 Å². The number of piperidine rings is 1. The van der Waals surface area contributed by atoms with E-state index >= 15 is 0 Å². The molecule has 0 spiro atoms. The number of hydrogen-bond acceptors (Lipinski definition) is 4. The molecule has 0 bridgehead atoms. The van der Waals surface area contributed by atoms with Crippen LogP contribution in [0.1, 0.15) is 34.9 Å². The Labute approximate surface area is 100 Å². The Bertz CT molecular complexity index is 426. The van der Waals surface area contributed by atoms with Crippen molar-refractivity contribution in [3.8, 4) is 0 Å². The van der Waals surface area contributed by atoms with Crippen LogP contribution < -0.4 is 5.73 Å². The van der Waals surface area contributed by atoms with Crippen LogP contribution in [0.2, 0.25) is 0 Å². The highest BCUT2D eigenvalue weighted by atomic mass is 16.4. The SMILES string of the molecule is CN1CCC(c2ccc(N)c(C(=O)O)n2)CC1. The predicted molar refractivity (Wildman–Crippen MR) is 65.1 cm³/mol. The number of anilines is 1. The molecule has 0 radical (unpaired) electrons. The third kappa shape index (κ3) is 2.55. The van der Waals surface area contributed by atoms with E-state index in [0.717, 1.165) is 31.6 Å². The lowest BCUT2D eigenvalue weighted by atomic mass is 9.93. The maximum atomic E-state index is 11.0.